The monoisotopic (exact) mass is 315 g/mol. The number of pyridine rings is 1. The Balaban J connectivity index is 2.11. The highest BCUT2D eigenvalue weighted by Crippen LogP contribution is 2.21. The van der Waals surface area contributed by atoms with Crippen molar-refractivity contribution in [1.29, 1.82) is 0 Å². The van der Waals surface area contributed by atoms with Crippen LogP contribution in [0, 0.1) is 24.0 Å². The van der Waals surface area contributed by atoms with Crippen LogP contribution in [0.3, 0.4) is 0 Å². The highest BCUT2D eigenvalue weighted by atomic mass is 16.6. The van der Waals surface area contributed by atoms with Gasteiger partial charge in [-0.05, 0) is 37.1 Å². The molecule has 2 aromatic rings. The number of H-pyrrole nitrogens is 1. The van der Waals surface area contributed by atoms with Crippen LogP contribution in [-0.2, 0) is 4.79 Å². The quantitative estimate of drug-likeness (QED) is 0.676. The Morgan fingerprint density at radius 2 is 2.04 bits per heavy atom. The Morgan fingerprint density at radius 1 is 1.30 bits per heavy atom. The van der Waals surface area contributed by atoms with Crippen LogP contribution >= 0.6 is 0 Å². The summed E-state index contributed by atoms with van der Waals surface area (Å²) >= 11 is 0. The van der Waals surface area contributed by atoms with Gasteiger partial charge in [0.25, 0.3) is 5.91 Å². The molecule has 0 spiro atoms. The molecule has 7 nitrogen and oxygen atoms in total. The third-order valence-corrected chi connectivity index (χ3v) is 3.65. The minimum absolute atomic E-state index is 0.00522. The fourth-order valence-electron chi connectivity index (χ4n) is 2.24. The molecule has 0 saturated carbocycles. The number of carbonyl (C=O) groups excluding carboxylic acids is 1. The predicted molar refractivity (Wildman–Crippen MR) is 87.5 cm³/mol. The van der Waals surface area contributed by atoms with E-state index in [1.54, 1.807) is 19.3 Å². The Morgan fingerprint density at radius 3 is 2.74 bits per heavy atom. The number of aryl methyl sites for hydroxylation is 1. The molecule has 0 aliphatic rings. The molecule has 1 heterocycles. The molecule has 0 bridgehead atoms. The first-order valence-electron chi connectivity index (χ1n) is 7.12. The zero-order chi connectivity index (χ0) is 17.0. The van der Waals surface area contributed by atoms with E-state index in [1.165, 1.54) is 11.0 Å². The Bertz CT molecular complexity index is 746. The van der Waals surface area contributed by atoms with E-state index in [1.807, 2.05) is 32.0 Å². The number of benzene rings is 1. The Kier molecular flexibility index (Phi) is 4.90. The van der Waals surface area contributed by atoms with Crippen molar-refractivity contribution in [1.82, 2.24) is 0 Å². The summed E-state index contributed by atoms with van der Waals surface area (Å²) in [4.78, 5) is 27.1. The summed E-state index contributed by atoms with van der Waals surface area (Å²) in [5.74, 6) is 0.0429. The zero-order valence-electron chi connectivity index (χ0n) is 13.3. The number of aromatic amines is 1. The van der Waals surface area contributed by atoms with E-state index in [0.717, 1.165) is 16.8 Å². The van der Waals surface area contributed by atoms with Crippen molar-refractivity contribution in [2.75, 3.05) is 23.8 Å². The fourth-order valence-corrected chi connectivity index (χ4v) is 2.24. The maximum absolute atomic E-state index is 12.2. The lowest BCUT2D eigenvalue weighted by Crippen LogP contribution is -2.34. The fraction of sp³-hybridized carbons (Fsp3) is 0.250. The standard InChI is InChI=1S/C16H18N4O3/c1-11-6-4-7-13(12(11)2)18-15(21)10-19(3)16-14(20(22)23)8-5-9-17-16/h4-9H,10H2,1-3H3,(H,18,21)/p+1. The van der Waals surface area contributed by atoms with Crippen molar-refractivity contribution >= 4 is 23.1 Å². The molecular formula is C16H19N4O3+. The van der Waals surface area contributed by atoms with Gasteiger partial charge in [-0.3, -0.25) is 14.9 Å². The second-order valence-corrected chi connectivity index (χ2v) is 5.31. The average molecular weight is 315 g/mol. The summed E-state index contributed by atoms with van der Waals surface area (Å²) in [6, 6.07) is 8.62. The molecular weight excluding hydrogens is 296 g/mol. The summed E-state index contributed by atoms with van der Waals surface area (Å²) in [6.07, 6.45) is 1.58. The minimum atomic E-state index is -0.481. The van der Waals surface area contributed by atoms with E-state index in [9.17, 15) is 14.9 Å². The summed E-state index contributed by atoms with van der Waals surface area (Å²) in [7, 11) is 1.63. The van der Waals surface area contributed by atoms with Crippen LogP contribution in [0.25, 0.3) is 0 Å². The van der Waals surface area contributed by atoms with Gasteiger partial charge < -0.3 is 5.32 Å². The highest BCUT2D eigenvalue weighted by molar-refractivity contribution is 5.94. The molecule has 1 aromatic carbocycles. The molecule has 0 radical (unpaired) electrons. The zero-order valence-corrected chi connectivity index (χ0v) is 13.3. The largest absolute Gasteiger partial charge is 0.357 e. The van der Waals surface area contributed by atoms with Gasteiger partial charge in [-0.2, -0.15) is 0 Å². The molecule has 0 aliphatic heterocycles. The van der Waals surface area contributed by atoms with Gasteiger partial charge in [-0.15, -0.1) is 0 Å². The first-order valence-corrected chi connectivity index (χ1v) is 7.12. The van der Waals surface area contributed by atoms with Gasteiger partial charge in [0.05, 0.1) is 18.2 Å². The van der Waals surface area contributed by atoms with E-state index in [0.29, 0.717) is 0 Å². The van der Waals surface area contributed by atoms with Gasteiger partial charge in [0.2, 0.25) is 0 Å². The first-order chi connectivity index (χ1) is 10.9. The van der Waals surface area contributed by atoms with Gasteiger partial charge in [0.15, 0.2) is 6.54 Å². The van der Waals surface area contributed by atoms with Gasteiger partial charge in [-0.25, -0.2) is 9.88 Å². The first kappa shape index (κ1) is 16.4. The molecule has 7 heteroatoms. The van der Waals surface area contributed by atoms with E-state index < -0.39 is 4.92 Å². The molecule has 0 atom stereocenters. The number of hydrogen-bond donors (Lipinski definition) is 1. The van der Waals surface area contributed by atoms with Gasteiger partial charge in [0, 0.05) is 11.8 Å². The Hall–Kier alpha value is -2.96. The number of hydrogen-bond acceptors (Lipinski definition) is 4. The second-order valence-electron chi connectivity index (χ2n) is 5.31. The molecule has 0 saturated heterocycles. The van der Waals surface area contributed by atoms with Crippen molar-refractivity contribution in [2.45, 2.75) is 13.8 Å². The molecule has 1 amide bonds. The summed E-state index contributed by atoms with van der Waals surface area (Å²) < 4.78 is 0. The third-order valence-electron chi connectivity index (χ3n) is 3.65. The number of anilines is 2. The van der Waals surface area contributed by atoms with Crippen LogP contribution in [0.5, 0.6) is 0 Å². The SMILES string of the molecule is Cc1cccc(NC(=O)CN(C)c2[nH+]cccc2[N+](=O)[O-])c1C. The minimum Gasteiger partial charge on any atom is -0.322 e. The Labute approximate surface area is 134 Å². The third kappa shape index (κ3) is 3.82. The maximum Gasteiger partial charge on any atom is 0.357 e. The van der Waals surface area contributed by atoms with Gasteiger partial charge in [0.1, 0.15) is 0 Å². The van der Waals surface area contributed by atoms with Crippen LogP contribution in [0.15, 0.2) is 36.5 Å². The van der Waals surface area contributed by atoms with Crippen molar-refractivity contribution in [3.05, 3.63) is 57.8 Å². The number of nitro groups is 1. The lowest BCUT2D eigenvalue weighted by molar-refractivity contribution is -0.411. The smallest absolute Gasteiger partial charge is 0.322 e. The molecule has 0 fully saturated rings. The number of rotatable bonds is 5. The van der Waals surface area contributed by atoms with Gasteiger partial charge in [-0.1, -0.05) is 12.1 Å². The van der Waals surface area contributed by atoms with E-state index in [4.69, 9.17) is 0 Å². The number of aromatic nitrogens is 1. The van der Waals surface area contributed by atoms with E-state index in [2.05, 4.69) is 10.3 Å². The van der Waals surface area contributed by atoms with Crippen LogP contribution < -0.4 is 15.2 Å². The van der Waals surface area contributed by atoms with E-state index >= 15 is 0 Å². The van der Waals surface area contributed by atoms with Crippen molar-refractivity contribution < 1.29 is 14.7 Å². The number of nitrogens with zero attached hydrogens (tertiary/aromatic N) is 2. The number of nitrogens with one attached hydrogen (secondary N) is 2. The second kappa shape index (κ2) is 6.87. The van der Waals surface area contributed by atoms with Crippen LogP contribution in [0.1, 0.15) is 11.1 Å². The molecule has 0 unspecified atom stereocenters. The summed E-state index contributed by atoms with van der Waals surface area (Å²) in [6.45, 7) is 3.90. The normalized spacial score (nSPS) is 10.2. The van der Waals surface area contributed by atoms with Crippen molar-refractivity contribution in [3.63, 3.8) is 0 Å². The van der Waals surface area contributed by atoms with E-state index in [-0.39, 0.29) is 24.0 Å². The molecule has 2 N–H and O–H groups in total. The molecule has 23 heavy (non-hydrogen) atoms. The maximum atomic E-state index is 12.2. The number of amides is 1. The number of carbonyl (C=O) groups is 1. The molecule has 2 rings (SSSR count). The highest BCUT2D eigenvalue weighted by Gasteiger charge is 2.26. The summed E-state index contributed by atoms with van der Waals surface area (Å²) in [5.41, 5.74) is 2.76. The lowest BCUT2D eigenvalue weighted by Gasteiger charge is -2.13. The number of likely N-dealkylation sites (N-methyl/N-ethyl adjacent to an activating group) is 1. The van der Waals surface area contributed by atoms with Crippen molar-refractivity contribution in [2.24, 2.45) is 0 Å². The molecule has 0 aliphatic carbocycles. The van der Waals surface area contributed by atoms with Gasteiger partial charge >= 0.3 is 11.5 Å². The average Bonchev–Trinajstić information content (AvgIpc) is 2.51. The van der Waals surface area contributed by atoms with Crippen LogP contribution in [0.2, 0.25) is 0 Å². The molecule has 1 aromatic heterocycles. The van der Waals surface area contributed by atoms with Crippen molar-refractivity contribution in [3.8, 4) is 0 Å². The topological polar surface area (TPSA) is 89.6 Å². The molecule has 120 valence electrons. The predicted octanol–water partition coefficient (Wildman–Crippen LogP) is 2.10. The van der Waals surface area contributed by atoms with Crippen LogP contribution in [0.4, 0.5) is 17.2 Å². The van der Waals surface area contributed by atoms with Crippen LogP contribution in [-0.4, -0.2) is 24.4 Å². The summed E-state index contributed by atoms with van der Waals surface area (Å²) in [5, 5.41) is 13.9. The lowest BCUT2D eigenvalue weighted by atomic mass is 10.1.